The van der Waals surface area contributed by atoms with E-state index in [1.54, 1.807) is 18.2 Å². The predicted octanol–water partition coefficient (Wildman–Crippen LogP) is 5.19. The van der Waals surface area contributed by atoms with E-state index >= 15 is 0 Å². The summed E-state index contributed by atoms with van der Waals surface area (Å²) < 4.78 is 72.5. The van der Waals surface area contributed by atoms with Gasteiger partial charge < -0.3 is 8.92 Å². The molecule has 0 atom stereocenters. The maximum atomic E-state index is 13.0. The minimum absolute atomic E-state index is 0.0604. The minimum atomic E-state index is -5.73. The number of alkyl halides is 3. The van der Waals surface area contributed by atoms with Gasteiger partial charge in [-0.1, -0.05) is 19.3 Å². The molecule has 8 heteroatoms. The zero-order valence-corrected chi connectivity index (χ0v) is 16.0. The topological polar surface area (TPSA) is 52.6 Å². The fourth-order valence-corrected chi connectivity index (χ4v) is 4.49. The third-order valence-electron chi connectivity index (χ3n) is 5.32. The number of hydrogen-bond donors (Lipinski definition) is 0. The van der Waals surface area contributed by atoms with E-state index in [-0.39, 0.29) is 11.7 Å². The van der Waals surface area contributed by atoms with Crippen LogP contribution in [0, 0.1) is 5.92 Å². The van der Waals surface area contributed by atoms with Crippen LogP contribution < -0.4 is 4.74 Å². The van der Waals surface area contributed by atoms with Crippen LogP contribution in [0.15, 0.2) is 23.8 Å². The number of hydrogen-bond acceptors (Lipinski definition) is 4. The maximum Gasteiger partial charge on any atom is 0.534 e. The van der Waals surface area contributed by atoms with Gasteiger partial charge in [0.15, 0.2) is 0 Å². The summed E-state index contributed by atoms with van der Waals surface area (Å²) >= 11 is 0. The highest BCUT2D eigenvalue weighted by molar-refractivity contribution is 7.87. The second-order valence-corrected chi connectivity index (χ2v) is 8.59. The molecule has 0 N–H and O–H groups in total. The highest BCUT2D eigenvalue weighted by atomic mass is 32.2. The Bertz CT molecular complexity index is 822. The summed E-state index contributed by atoms with van der Waals surface area (Å²) in [4.78, 5) is 0. The molecule has 150 valence electrons. The van der Waals surface area contributed by atoms with Crippen molar-refractivity contribution < 1.29 is 30.5 Å². The van der Waals surface area contributed by atoms with Gasteiger partial charge in [-0.2, -0.15) is 21.6 Å². The molecular weight excluding hydrogens is 381 g/mol. The van der Waals surface area contributed by atoms with Crippen molar-refractivity contribution in [2.45, 2.75) is 56.9 Å². The number of aryl methyl sites for hydroxylation is 1. The Labute approximate surface area is 157 Å². The molecule has 27 heavy (non-hydrogen) atoms. The van der Waals surface area contributed by atoms with Crippen LogP contribution in [-0.2, 0) is 20.7 Å². The van der Waals surface area contributed by atoms with Crippen LogP contribution in [0.1, 0.15) is 56.1 Å². The molecule has 3 rings (SSSR count). The average Bonchev–Trinajstić information content (AvgIpc) is 2.80. The van der Waals surface area contributed by atoms with E-state index in [4.69, 9.17) is 8.92 Å². The molecule has 0 radical (unpaired) electrons. The van der Waals surface area contributed by atoms with Gasteiger partial charge in [0.25, 0.3) is 0 Å². The Balaban J connectivity index is 2.13. The molecule has 4 nitrogen and oxygen atoms in total. The SMILES string of the molecule is COc1ccc2c(c1)CCCC(C1CCCCC1)=C2OS(=O)(=O)C(F)(F)F. The van der Waals surface area contributed by atoms with Crippen LogP contribution >= 0.6 is 0 Å². The molecule has 0 bridgehead atoms. The molecule has 1 aromatic carbocycles. The summed E-state index contributed by atoms with van der Waals surface area (Å²) in [5, 5.41) is 0. The lowest BCUT2D eigenvalue weighted by molar-refractivity contribution is -0.0509. The van der Waals surface area contributed by atoms with Crippen molar-refractivity contribution in [3.63, 3.8) is 0 Å². The van der Waals surface area contributed by atoms with Crippen molar-refractivity contribution in [1.82, 2.24) is 0 Å². The molecule has 0 aliphatic heterocycles. The Kier molecular flexibility index (Phi) is 5.74. The summed E-state index contributed by atoms with van der Waals surface area (Å²) in [5.74, 6) is 0.507. The first-order valence-electron chi connectivity index (χ1n) is 9.14. The van der Waals surface area contributed by atoms with Crippen molar-refractivity contribution in [1.29, 1.82) is 0 Å². The van der Waals surface area contributed by atoms with Gasteiger partial charge in [0.05, 0.1) is 7.11 Å². The summed E-state index contributed by atoms with van der Waals surface area (Å²) in [6, 6.07) is 4.96. The van der Waals surface area contributed by atoms with Gasteiger partial charge in [0.2, 0.25) is 0 Å². The van der Waals surface area contributed by atoms with Crippen molar-refractivity contribution in [2.24, 2.45) is 5.92 Å². The minimum Gasteiger partial charge on any atom is -0.497 e. The zero-order chi connectivity index (χ0) is 19.7. The van der Waals surface area contributed by atoms with Crippen LogP contribution in [0.5, 0.6) is 5.75 Å². The zero-order valence-electron chi connectivity index (χ0n) is 15.1. The molecule has 0 heterocycles. The summed E-state index contributed by atoms with van der Waals surface area (Å²) in [7, 11) is -4.23. The summed E-state index contributed by atoms with van der Waals surface area (Å²) in [6.45, 7) is 0. The lowest BCUT2D eigenvalue weighted by Gasteiger charge is -2.26. The molecule has 0 spiro atoms. The van der Waals surface area contributed by atoms with Crippen LogP contribution in [0.2, 0.25) is 0 Å². The van der Waals surface area contributed by atoms with Crippen LogP contribution in [0.3, 0.4) is 0 Å². The second kappa shape index (κ2) is 7.73. The van der Waals surface area contributed by atoms with Crippen LogP contribution in [0.4, 0.5) is 13.2 Å². The fourth-order valence-electron chi connectivity index (χ4n) is 3.98. The molecule has 0 aromatic heterocycles. The number of halogens is 3. The van der Waals surface area contributed by atoms with Crippen molar-refractivity contribution >= 4 is 15.9 Å². The lowest BCUT2D eigenvalue weighted by atomic mass is 9.81. The predicted molar refractivity (Wildman–Crippen MR) is 95.5 cm³/mol. The third kappa shape index (κ3) is 4.25. The van der Waals surface area contributed by atoms with Crippen molar-refractivity contribution in [3.05, 3.63) is 34.9 Å². The standard InChI is InChI=1S/C19H23F3O4S/c1-25-15-10-11-17-14(12-15)8-5-9-16(13-6-3-2-4-7-13)18(17)26-27(23,24)19(20,21)22/h10-13H,2-9H2,1H3. The number of ether oxygens (including phenoxy) is 1. The monoisotopic (exact) mass is 404 g/mol. The van der Waals surface area contributed by atoms with Crippen LogP contribution in [0.25, 0.3) is 5.76 Å². The Morgan fingerprint density at radius 3 is 2.37 bits per heavy atom. The van der Waals surface area contributed by atoms with E-state index in [1.807, 2.05) is 0 Å². The molecule has 0 amide bonds. The van der Waals surface area contributed by atoms with Gasteiger partial charge in [-0.3, -0.25) is 0 Å². The molecule has 1 fully saturated rings. The van der Waals surface area contributed by atoms with Gasteiger partial charge in [-0.25, -0.2) is 0 Å². The van der Waals surface area contributed by atoms with Crippen LogP contribution in [-0.4, -0.2) is 21.0 Å². The molecule has 0 saturated heterocycles. The van der Waals surface area contributed by atoms with Crippen molar-refractivity contribution in [3.8, 4) is 5.75 Å². The van der Waals surface area contributed by atoms with E-state index in [0.29, 0.717) is 29.7 Å². The Hall–Kier alpha value is -1.70. The first-order chi connectivity index (χ1) is 12.7. The summed E-state index contributed by atoms with van der Waals surface area (Å²) in [6.07, 6.45) is 6.65. The van der Waals surface area contributed by atoms with Crippen molar-refractivity contribution in [2.75, 3.05) is 7.11 Å². The van der Waals surface area contributed by atoms with Gasteiger partial charge in [0, 0.05) is 5.56 Å². The van der Waals surface area contributed by atoms with Gasteiger partial charge in [-0.15, -0.1) is 0 Å². The quantitative estimate of drug-likeness (QED) is 0.512. The van der Waals surface area contributed by atoms with E-state index in [1.165, 1.54) is 7.11 Å². The Morgan fingerprint density at radius 1 is 1.04 bits per heavy atom. The van der Waals surface area contributed by atoms with Gasteiger partial charge in [-0.05, 0) is 67.4 Å². The average molecular weight is 404 g/mol. The van der Waals surface area contributed by atoms with E-state index in [2.05, 4.69) is 0 Å². The number of fused-ring (bicyclic) bond motifs is 1. The smallest absolute Gasteiger partial charge is 0.497 e. The second-order valence-electron chi connectivity index (χ2n) is 7.05. The molecule has 2 aliphatic carbocycles. The number of benzene rings is 1. The molecule has 0 unspecified atom stereocenters. The van der Waals surface area contributed by atoms with Gasteiger partial charge in [0.1, 0.15) is 11.5 Å². The van der Waals surface area contributed by atoms with E-state index in [9.17, 15) is 21.6 Å². The lowest BCUT2D eigenvalue weighted by Crippen LogP contribution is -2.26. The molecule has 1 saturated carbocycles. The number of methoxy groups -OCH3 is 1. The highest BCUT2D eigenvalue weighted by Gasteiger charge is 2.49. The highest BCUT2D eigenvalue weighted by Crippen LogP contribution is 2.43. The van der Waals surface area contributed by atoms with E-state index < -0.39 is 15.6 Å². The third-order valence-corrected chi connectivity index (χ3v) is 6.27. The first-order valence-corrected chi connectivity index (χ1v) is 10.5. The largest absolute Gasteiger partial charge is 0.534 e. The number of rotatable bonds is 4. The van der Waals surface area contributed by atoms with Gasteiger partial charge >= 0.3 is 15.6 Å². The molecule has 2 aliphatic rings. The fraction of sp³-hybridized carbons (Fsp3) is 0.579. The van der Waals surface area contributed by atoms with E-state index in [0.717, 1.165) is 44.1 Å². The summed E-state index contributed by atoms with van der Waals surface area (Å²) in [5.41, 5.74) is -3.60. The Morgan fingerprint density at radius 2 is 1.74 bits per heavy atom. The first kappa shape index (κ1) is 20.0. The molecule has 1 aromatic rings. The number of allylic oxidation sites excluding steroid dienone is 1. The maximum absolute atomic E-state index is 13.0. The normalized spacial score (nSPS) is 19.4. The molecular formula is C19H23F3O4S.